The van der Waals surface area contributed by atoms with E-state index in [1.807, 2.05) is 24.3 Å². The molecule has 0 saturated carbocycles. The summed E-state index contributed by atoms with van der Waals surface area (Å²) in [5, 5.41) is 9.17. The molecule has 0 bridgehead atoms. The van der Waals surface area contributed by atoms with Gasteiger partial charge in [-0.05, 0) is 66.0 Å². The average Bonchev–Trinajstić information content (AvgIpc) is 2.79. The van der Waals surface area contributed by atoms with Crippen LogP contribution in [0.4, 0.5) is 11.4 Å². The van der Waals surface area contributed by atoms with Gasteiger partial charge in [0.2, 0.25) is 0 Å². The summed E-state index contributed by atoms with van der Waals surface area (Å²) in [5.41, 5.74) is 6.87. The highest BCUT2D eigenvalue weighted by atomic mass is 15.1. The van der Waals surface area contributed by atoms with E-state index in [1.165, 1.54) is 22.4 Å². The molecule has 1 atom stereocenters. The van der Waals surface area contributed by atoms with Gasteiger partial charge < -0.3 is 9.80 Å². The van der Waals surface area contributed by atoms with Crippen LogP contribution in [0.25, 0.3) is 0 Å². The third-order valence-corrected chi connectivity index (χ3v) is 5.69. The van der Waals surface area contributed by atoms with Gasteiger partial charge in [0.15, 0.2) is 0 Å². The molecule has 0 spiro atoms. The first kappa shape index (κ1) is 19.8. The van der Waals surface area contributed by atoms with Gasteiger partial charge in [0.1, 0.15) is 0 Å². The zero-order valence-electron chi connectivity index (χ0n) is 17.8. The molecule has 0 amide bonds. The van der Waals surface area contributed by atoms with E-state index in [0.717, 1.165) is 12.2 Å². The van der Waals surface area contributed by atoms with Gasteiger partial charge in [0.05, 0.1) is 11.6 Å². The van der Waals surface area contributed by atoms with Gasteiger partial charge in [0.25, 0.3) is 0 Å². The maximum atomic E-state index is 9.17. The molecule has 0 aliphatic carbocycles. The van der Waals surface area contributed by atoms with Gasteiger partial charge in [0, 0.05) is 36.4 Å². The van der Waals surface area contributed by atoms with Crippen LogP contribution in [0, 0.1) is 11.3 Å². The molecule has 1 unspecified atom stereocenters. The molecule has 3 heteroatoms. The fraction of sp³-hybridized carbons (Fsp3) is 0.222. The van der Waals surface area contributed by atoms with Crippen molar-refractivity contribution in [3.8, 4) is 6.07 Å². The predicted octanol–water partition coefficient (Wildman–Crippen LogP) is 6.29. The Kier molecular flexibility index (Phi) is 5.59. The lowest BCUT2D eigenvalue weighted by atomic mass is 9.97. The standard InChI is InChI=1S/C27H27N3/c1-20(2)26-9-4-5-10-27(26)29-14-11-23(12-15-29)24-13-16-30(21(3)17-24)25-8-6-7-22(18-25)19-28/h4-14,16-18,20-21H,15H2,1-3H3. The van der Waals surface area contributed by atoms with E-state index in [2.05, 4.69) is 97.6 Å². The van der Waals surface area contributed by atoms with Crippen molar-refractivity contribution in [3.63, 3.8) is 0 Å². The first-order chi connectivity index (χ1) is 14.6. The normalized spacial score (nSPS) is 18.3. The second-order valence-electron chi connectivity index (χ2n) is 8.09. The van der Waals surface area contributed by atoms with Crippen LogP contribution in [0.3, 0.4) is 0 Å². The van der Waals surface area contributed by atoms with Gasteiger partial charge in [-0.3, -0.25) is 0 Å². The van der Waals surface area contributed by atoms with Gasteiger partial charge in [-0.15, -0.1) is 0 Å². The Hall–Kier alpha value is -3.51. The number of benzene rings is 2. The molecule has 4 rings (SSSR count). The summed E-state index contributed by atoms with van der Waals surface area (Å²) < 4.78 is 0. The van der Waals surface area contributed by atoms with Crippen molar-refractivity contribution in [1.29, 1.82) is 5.26 Å². The van der Waals surface area contributed by atoms with Crippen molar-refractivity contribution in [2.24, 2.45) is 0 Å². The lowest BCUT2D eigenvalue weighted by molar-refractivity contribution is 0.839. The molecule has 2 aromatic carbocycles. The average molecular weight is 394 g/mol. The molecule has 2 aliphatic rings. The number of nitriles is 1. The Labute approximate surface area is 179 Å². The molecule has 0 aromatic heterocycles. The van der Waals surface area contributed by atoms with Gasteiger partial charge in [-0.2, -0.15) is 5.26 Å². The lowest BCUT2D eigenvalue weighted by Crippen LogP contribution is -2.29. The van der Waals surface area contributed by atoms with Crippen molar-refractivity contribution in [2.45, 2.75) is 32.7 Å². The van der Waals surface area contributed by atoms with Crippen LogP contribution in [0.2, 0.25) is 0 Å². The molecule has 0 saturated heterocycles. The summed E-state index contributed by atoms with van der Waals surface area (Å²) in [6.45, 7) is 7.53. The number of hydrogen-bond acceptors (Lipinski definition) is 3. The molecule has 30 heavy (non-hydrogen) atoms. The van der Waals surface area contributed by atoms with Crippen molar-refractivity contribution < 1.29 is 0 Å². The number of rotatable bonds is 4. The zero-order valence-corrected chi connectivity index (χ0v) is 17.8. The summed E-state index contributed by atoms with van der Waals surface area (Å²) in [6.07, 6.45) is 13.3. The van der Waals surface area contributed by atoms with Crippen LogP contribution in [0.15, 0.2) is 96.4 Å². The Balaban J connectivity index is 1.50. The molecule has 2 aromatic rings. The second kappa shape index (κ2) is 8.47. The van der Waals surface area contributed by atoms with Crippen molar-refractivity contribution >= 4 is 11.4 Å². The maximum absolute atomic E-state index is 9.17. The minimum absolute atomic E-state index is 0.216. The molecule has 150 valence electrons. The predicted molar refractivity (Wildman–Crippen MR) is 125 cm³/mol. The van der Waals surface area contributed by atoms with Gasteiger partial charge in [-0.25, -0.2) is 0 Å². The molecule has 0 fully saturated rings. The highest BCUT2D eigenvalue weighted by Crippen LogP contribution is 2.31. The molecule has 2 aliphatic heterocycles. The maximum Gasteiger partial charge on any atom is 0.0992 e. The second-order valence-corrected chi connectivity index (χ2v) is 8.09. The Bertz CT molecular complexity index is 1100. The molecule has 2 heterocycles. The first-order valence-electron chi connectivity index (χ1n) is 10.5. The van der Waals surface area contributed by atoms with Crippen LogP contribution in [-0.4, -0.2) is 12.6 Å². The Morgan fingerprint density at radius 1 is 1.00 bits per heavy atom. The summed E-state index contributed by atoms with van der Waals surface area (Å²) in [4.78, 5) is 4.51. The van der Waals surface area contributed by atoms with E-state index in [4.69, 9.17) is 0 Å². The summed E-state index contributed by atoms with van der Waals surface area (Å²) in [6, 6.07) is 18.8. The summed E-state index contributed by atoms with van der Waals surface area (Å²) >= 11 is 0. The third-order valence-electron chi connectivity index (χ3n) is 5.69. The highest BCUT2D eigenvalue weighted by Gasteiger charge is 2.18. The minimum Gasteiger partial charge on any atom is -0.344 e. The van der Waals surface area contributed by atoms with E-state index < -0.39 is 0 Å². The summed E-state index contributed by atoms with van der Waals surface area (Å²) in [7, 11) is 0. The van der Waals surface area contributed by atoms with Crippen molar-refractivity contribution in [3.05, 3.63) is 108 Å². The Morgan fingerprint density at radius 3 is 2.50 bits per heavy atom. The fourth-order valence-corrected chi connectivity index (χ4v) is 4.07. The number of hydrogen-bond donors (Lipinski definition) is 0. The molecule has 0 N–H and O–H groups in total. The van der Waals surface area contributed by atoms with Crippen LogP contribution in [0.5, 0.6) is 0 Å². The zero-order chi connectivity index (χ0) is 21.1. The number of anilines is 2. The topological polar surface area (TPSA) is 30.3 Å². The monoisotopic (exact) mass is 393 g/mol. The van der Waals surface area contributed by atoms with Crippen molar-refractivity contribution in [1.82, 2.24) is 0 Å². The smallest absolute Gasteiger partial charge is 0.0992 e. The van der Waals surface area contributed by atoms with Crippen LogP contribution < -0.4 is 9.80 Å². The highest BCUT2D eigenvalue weighted by molar-refractivity contribution is 5.63. The van der Waals surface area contributed by atoms with E-state index >= 15 is 0 Å². The largest absolute Gasteiger partial charge is 0.344 e. The third kappa shape index (κ3) is 3.95. The lowest BCUT2D eigenvalue weighted by Gasteiger charge is -2.31. The SMILES string of the molecule is CC(C)c1ccccc1N1C=CC(C2=CC(C)N(c3cccc(C#N)c3)C=C2)=CC1. The molecule has 0 radical (unpaired) electrons. The van der Waals surface area contributed by atoms with Crippen LogP contribution >= 0.6 is 0 Å². The molecular formula is C27H27N3. The quantitative estimate of drug-likeness (QED) is 0.611. The number of para-hydroxylation sites is 1. The van der Waals surface area contributed by atoms with Crippen LogP contribution in [0.1, 0.15) is 37.8 Å². The summed E-state index contributed by atoms with van der Waals surface area (Å²) in [5.74, 6) is 0.496. The van der Waals surface area contributed by atoms with E-state index in [9.17, 15) is 5.26 Å². The first-order valence-corrected chi connectivity index (χ1v) is 10.5. The fourth-order valence-electron chi connectivity index (χ4n) is 4.07. The van der Waals surface area contributed by atoms with E-state index in [0.29, 0.717) is 11.5 Å². The van der Waals surface area contributed by atoms with Crippen molar-refractivity contribution in [2.75, 3.05) is 16.3 Å². The number of nitrogens with zero attached hydrogens (tertiary/aromatic N) is 3. The van der Waals surface area contributed by atoms with Crippen LogP contribution in [-0.2, 0) is 0 Å². The Morgan fingerprint density at radius 2 is 1.80 bits per heavy atom. The van der Waals surface area contributed by atoms with Gasteiger partial charge >= 0.3 is 0 Å². The van der Waals surface area contributed by atoms with E-state index in [1.54, 1.807) is 0 Å². The van der Waals surface area contributed by atoms with E-state index in [-0.39, 0.29) is 6.04 Å². The minimum atomic E-state index is 0.216. The molecular weight excluding hydrogens is 366 g/mol. The number of allylic oxidation sites excluding steroid dienone is 4. The van der Waals surface area contributed by atoms with Gasteiger partial charge in [-0.1, -0.05) is 50.3 Å². The molecule has 3 nitrogen and oxygen atoms in total.